The highest BCUT2D eigenvalue weighted by molar-refractivity contribution is 6.32. The van der Waals surface area contributed by atoms with Crippen LogP contribution < -0.4 is 10.6 Å². The first-order chi connectivity index (χ1) is 11.6. The molecule has 3 rings (SSSR count). The van der Waals surface area contributed by atoms with Gasteiger partial charge in [-0.25, -0.2) is 14.5 Å². The predicted molar refractivity (Wildman–Crippen MR) is 90.2 cm³/mol. The molecule has 0 saturated carbocycles. The van der Waals surface area contributed by atoms with Crippen molar-refractivity contribution in [3.05, 3.63) is 54.3 Å². The third kappa shape index (κ3) is 3.90. The van der Waals surface area contributed by atoms with E-state index in [1.54, 1.807) is 34.2 Å². The van der Waals surface area contributed by atoms with Crippen molar-refractivity contribution in [3.8, 4) is 5.69 Å². The minimum absolute atomic E-state index is 0.106. The molecule has 0 radical (unpaired) electrons. The Hall–Kier alpha value is -2.87. The van der Waals surface area contributed by atoms with Gasteiger partial charge < -0.3 is 10.6 Å². The maximum Gasteiger partial charge on any atom is 0.319 e. The van der Waals surface area contributed by atoms with Gasteiger partial charge in [0.1, 0.15) is 12.7 Å². The lowest BCUT2D eigenvalue weighted by Crippen LogP contribution is -2.38. The zero-order chi connectivity index (χ0) is 16.9. The van der Waals surface area contributed by atoms with Crippen molar-refractivity contribution >= 4 is 23.3 Å². The van der Waals surface area contributed by atoms with Gasteiger partial charge in [-0.1, -0.05) is 23.7 Å². The molecule has 2 aromatic heterocycles. The number of nitrogens with one attached hydrogen (secondary N) is 2. The minimum Gasteiger partial charge on any atom is -0.334 e. The summed E-state index contributed by atoms with van der Waals surface area (Å²) in [6.45, 7) is 2.42. The smallest absolute Gasteiger partial charge is 0.319 e. The van der Waals surface area contributed by atoms with E-state index in [1.807, 2.05) is 25.1 Å². The molecule has 24 heavy (non-hydrogen) atoms. The van der Waals surface area contributed by atoms with Gasteiger partial charge in [0.05, 0.1) is 35.3 Å². The summed E-state index contributed by atoms with van der Waals surface area (Å²) in [7, 11) is 0. The van der Waals surface area contributed by atoms with Gasteiger partial charge in [-0.15, -0.1) is 0 Å². The lowest BCUT2D eigenvalue weighted by molar-refractivity contribution is 0.247. The summed E-state index contributed by atoms with van der Waals surface area (Å²) < 4.78 is 3.26. The largest absolute Gasteiger partial charge is 0.334 e. The second kappa shape index (κ2) is 7.14. The monoisotopic (exact) mass is 345 g/mol. The van der Waals surface area contributed by atoms with Crippen LogP contribution in [0.1, 0.15) is 6.92 Å². The Labute approximate surface area is 143 Å². The molecule has 9 heteroatoms. The van der Waals surface area contributed by atoms with Crippen molar-refractivity contribution in [2.24, 2.45) is 0 Å². The van der Waals surface area contributed by atoms with Crippen LogP contribution in [-0.2, 0) is 6.54 Å². The lowest BCUT2D eigenvalue weighted by atomic mass is 10.3. The molecule has 0 aliphatic heterocycles. The molecule has 0 unspecified atom stereocenters. The van der Waals surface area contributed by atoms with Gasteiger partial charge in [0.25, 0.3) is 0 Å². The predicted octanol–water partition coefficient (Wildman–Crippen LogP) is 2.33. The van der Waals surface area contributed by atoms with Crippen molar-refractivity contribution in [2.45, 2.75) is 19.5 Å². The Bertz CT molecular complexity index is 815. The second-order valence-corrected chi connectivity index (χ2v) is 5.65. The number of anilines is 1. The minimum atomic E-state index is -0.318. The molecule has 0 bridgehead atoms. The highest BCUT2D eigenvalue weighted by atomic mass is 35.5. The van der Waals surface area contributed by atoms with Crippen molar-refractivity contribution in [3.63, 3.8) is 0 Å². The second-order valence-electron chi connectivity index (χ2n) is 5.24. The van der Waals surface area contributed by atoms with E-state index in [0.717, 1.165) is 5.69 Å². The summed E-state index contributed by atoms with van der Waals surface area (Å²) in [4.78, 5) is 15.9. The molecule has 2 N–H and O–H groups in total. The molecule has 1 atom stereocenters. The van der Waals surface area contributed by atoms with E-state index in [-0.39, 0.29) is 12.1 Å². The molecule has 1 aromatic carbocycles. The molecule has 2 amide bonds. The van der Waals surface area contributed by atoms with Crippen molar-refractivity contribution < 1.29 is 4.79 Å². The fraction of sp³-hybridized carbons (Fsp3) is 0.200. The number of para-hydroxylation sites is 1. The molecular weight excluding hydrogens is 330 g/mol. The van der Waals surface area contributed by atoms with Crippen LogP contribution in [0.4, 0.5) is 10.5 Å². The highest BCUT2D eigenvalue weighted by Crippen LogP contribution is 2.20. The first-order valence-corrected chi connectivity index (χ1v) is 7.69. The van der Waals surface area contributed by atoms with Gasteiger partial charge in [-0.05, 0) is 19.1 Å². The van der Waals surface area contributed by atoms with Crippen LogP contribution in [0.2, 0.25) is 5.02 Å². The summed E-state index contributed by atoms with van der Waals surface area (Å²) in [5.74, 6) is 0. The average molecular weight is 346 g/mol. The van der Waals surface area contributed by atoms with Gasteiger partial charge in [-0.2, -0.15) is 10.2 Å². The Balaban J connectivity index is 1.58. The highest BCUT2D eigenvalue weighted by Gasteiger charge is 2.10. The van der Waals surface area contributed by atoms with Crippen LogP contribution in [0.5, 0.6) is 0 Å². The molecule has 0 aliphatic rings. The summed E-state index contributed by atoms with van der Waals surface area (Å²) in [6.07, 6.45) is 6.31. The first-order valence-electron chi connectivity index (χ1n) is 7.31. The lowest BCUT2D eigenvalue weighted by Gasteiger charge is -2.13. The number of halogens is 1. The van der Waals surface area contributed by atoms with Gasteiger partial charge in [-0.3, -0.25) is 4.68 Å². The van der Waals surface area contributed by atoms with E-state index in [0.29, 0.717) is 17.3 Å². The zero-order valence-electron chi connectivity index (χ0n) is 12.9. The Kier molecular flexibility index (Phi) is 4.76. The van der Waals surface area contributed by atoms with E-state index in [2.05, 4.69) is 25.8 Å². The molecule has 124 valence electrons. The molecule has 8 nitrogen and oxygen atoms in total. The SMILES string of the molecule is C[C@H](Cn1cncn1)NC(=O)Nc1cnn(-c2ccccc2Cl)c1. The van der Waals surface area contributed by atoms with Crippen molar-refractivity contribution in [1.29, 1.82) is 0 Å². The summed E-state index contributed by atoms with van der Waals surface area (Å²) >= 11 is 6.14. The Morgan fingerprint density at radius 2 is 2.17 bits per heavy atom. The first kappa shape index (κ1) is 16.0. The number of carbonyl (C=O) groups is 1. The number of carbonyl (C=O) groups excluding carboxylic acids is 1. The van der Waals surface area contributed by atoms with Gasteiger partial charge >= 0.3 is 6.03 Å². The molecule has 0 aliphatic carbocycles. The fourth-order valence-corrected chi connectivity index (χ4v) is 2.42. The van der Waals surface area contributed by atoms with E-state index in [9.17, 15) is 4.79 Å². The maximum absolute atomic E-state index is 12.0. The average Bonchev–Trinajstić information content (AvgIpc) is 3.19. The van der Waals surface area contributed by atoms with E-state index < -0.39 is 0 Å². The van der Waals surface area contributed by atoms with Crippen LogP contribution in [0.3, 0.4) is 0 Å². The number of benzene rings is 1. The summed E-state index contributed by atoms with van der Waals surface area (Å²) in [5, 5.41) is 14.4. The van der Waals surface area contributed by atoms with Gasteiger partial charge in [0.15, 0.2) is 0 Å². The molecule has 0 fully saturated rings. The Morgan fingerprint density at radius 1 is 1.33 bits per heavy atom. The number of nitrogens with zero attached hydrogens (tertiary/aromatic N) is 5. The molecular formula is C15H16ClN7O. The van der Waals surface area contributed by atoms with Crippen LogP contribution in [0.25, 0.3) is 5.69 Å². The van der Waals surface area contributed by atoms with Gasteiger partial charge in [0, 0.05) is 6.04 Å². The van der Waals surface area contributed by atoms with Crippen LogP contribution in [0, 0.1) is 0 Å². The number of hydrogen-bond donors (Lipinski definition) is 2. The molecule has 0 spiro atoms. The standard InChI is InChI=1S/C15H16ClN7O/c1-11(7-22-10-17-9-19-22)20-15(24)21-12-6-18-23(8-12)14-5-3-2-4-13(14)16/h2-6,8-11H,7H2,1H3,(H2,20,21,24)/t11-/m1/s1. The zero-order valence-corrected chi connectivity index (χ0v) is 13.7. The molecule has 3 aromatic rings. The van der Waals surface area contributed by atoms with Crippen LogP contribution in [0.15, 0.2) is 49.3 Å². The summed E-state index contributed by atoms with van der Waals surface area (Å²) in [6, 6.07) is 6.92. The topological polar surface area (TPSA) is 89.7 Å². The Morgan fingerprint density at radius 3 is 2.92 bits per heavy atom. The van der Waals surface area contributed by atoms with E-state index in [4.69, 9.17) is 11.6 Å². The third-order valence-corrected chi connectivity index (χ3v) is 3.56. The maximum atomic E-state index is 12.0. The summed E-state index contributed by atoms with van der Waals surface area (Å²) in [5.41, 5.74) is 1.31. The number of hydrogen-bond acceptors (Lipinski definition) is 4. The van der Waals surface area contributed by atoms with Gasteiger partial charge in [0.2, 0.25) is 0 Å². The van der Waals surface area contributed by atoms with Crippen molar-refractivity contribution in [1.82, 2.24) is 29.9 Å². The normalized spacial score (nSPS) is 11.9. The van der Waals surface area contributed by atoms with Crippen LogP contribution >= 0.6 is 11.6 Å². The molecule has 0 saturated heterocycles. The number of urea groups is 1. The fourth-order valence-electron chi connectivity index (χ4n) is 2.20. The van der Waals surface area contributed by atoms with Crippen LogP contribution in [-0.4, -0.2) is 36.6 Å². The van der Waals surface area contributed by atoms with E-state index >= 15 is 0 Å². The number of amides is 2. The number of aromatic nitrogens is 5. The number of rotatable bonds is 5. The van der Waals surface area contributed by atoms with Crippen molar-refractivity contribution in [2.75, 3.05) is 5.32 Å². The van der Waals surface area contributed by atoms with E-state index in [1.165, 1.54) is 6.33 Å². The molecule has 2 heterocycles. The third-order valence-electron chi connectivity index (χ3n) is 3.24. The quantitative estimate of drug-likeness (QED) is 0.742.